The molecule has 3 rings (SSSR count). The molecule has 1 aliphatic carbocycles. The summed E-state index contributed by atoms with van der Waals surface area (Å²) in [4.78, 5) is 5.53. The molecule has 0 radical (unpaired) electrons. The molecule has 3 fully saturated rings. The molecule has 1 saturated carbocycles. The summed E-state index contributed by atoms with van der Waals surface area (Å²) >= 11 is 0. The van der Waals surface area contributed by atoms with Crippen molar-refractivity contribution in [3.63, 3.8) is 0 Å². The summed E-state index contributed by atoms with van der Waals surface area (Å²) in [6.07, 6.45) is 6.85. The molecule has 2 heterocycles. The van der Waals surface area contributed by atoms with Crippen LogP contribution in [0.1, 0.15) is 46.0 Å². The van der Waals surface area contributed by atoms with Crippen molar-refractivity contribution < 1.29 is 0 Å². The van der Waals surface area contributed by atoms with Crippen LogP contribution in [0.15, 0.2) is 0 Å². The van der Waals surface area contributed by atoms with Gasteiger partial charge in [-0.05, 0) is 32.1 Å². The van der Waals surface area contributed by atoms with Gasteiger partial charge < -0.3 is 5.32 Å². The Kier molecular flexibility index (Phi) is 3.65. The summed E-state index contributed by atoms with van der Waals surface area (Å²) in [5.74, 6) is 0. The van der Waals surface area contributed by atoms with Crippen LogP contribution in [-0.4, -0.2) is 60.1 Å². The smallest absolute Gasteiger partial charge is 0.0304 e. The van der Waals surface area contributed by atoms with Crippen molar-refractivity contribution in [2.75, 3.05) is 32.7 Å². The van der Waals surface area contributed by atoms with Crippen molar-refractivity contribution in [3.05, 3.63) is 0 Å². The maximum atomic E-state index is 3.78. The number of hydrogen-bond acceptors (Lipinski definition) is 3. The van der Waals surface area contributed by atoms with Crippen LogP contribution in [0.3, 0.4) is 0 Å². The van der Waals surface area contributed by atoms with Gasteiger partial charge in [-0.15, -0.1) is 0 Å². The summed E-state index contributed by atoms with van der Waals surface area (Å²) in [7, 11) is 0. The van der Waals surface area contributed by atoms with Gasteiger partial charge in [0.05, 0.1) is 0 Å². The lowest BCUT2D eigenvalue weighted by Crippen LogP contribution is -2.62. The summed E-state index contributed by atoms with van der Waals surface area (Å²) < 4.78 is 0. The van der Waals surface area contributed by atoms with Gasteiger partial charge in [0.1, 0.15) is 0 Å². The van der Waals surface area contributed by atoms with E-state index in [-0.39, 0.29) is 0 Å². The van der Waals surface area contributed by atoms with Gasteiger partial charge in [0, 0.05) is 50.3 Å². The Morgan fingerprint density at radius 3 is 2.44 bits per heavy atom. The fourth-order valence-corrected chi connectivity index (χ4v) is 3.86. The van der Waals surface area contributed by atoms with Gasteiger partial charge in [-0.3, -0.25) is 9.80 Å². The third kappa shape index (κ3) is 2.45. The van der Waals surface area contributed by atoms with Gasteiger partial charge in [0.2, 0.25) is 0 Å². The maximum Gasteiger partial charge on any atom is 0.0304 e. The first-order valence-corrected chi connectivity index (χ1v) is 7.99. The lowest BCUT2D eigenvalue weighted by atomic mass is 9.89. The van der Waals surface area contributed by atoms with E-state index in [2.05, 4.69) is 29.0 Å². The minimum atomic E-state index is 0.394. The summed E-state index contributed by atoms with van der Waals surface area (Å²) in [5.41, 5.74) is 0.394. The van der Waals surface area contributed by atoms with Crippen LogP contribution in [0.2, 0.25) is 0 Å². The first kappa shape index (κ1) is 12.9. The van der Waals surface area contributed by atoms with E-state index in [1.807, 2.05) is 0 Å². The zero-order valence-corrected chi connectivity index (χ0v) is 12.1. The number of nitrogens with zero attached hydrogens (tertiary/aromatic N) is 2. The third-order valence-electron chi connectivity index (χ3n) is 5.53. The van der Waals surface area contributed by atoms with E-state index in [4.69, 9.17) is 0 Å². The second-order valence-electron chi connectivity index (χ2n) is 6.55. The molecule has 1 atom stereocenters. The second-order valence-corrected chi connectivity index (χ2v) is 6.55. The molecular formula is C15H29N3. The van der Waals surface area contributed by atoms with Crippen LogP contribution in [-0.2, 0) is 0 Å². The molecular weight excluding hydrogens is 222 g/mol. The molecule has 0 aromatic heterocycles. The molecule has 0 amide bonds. The molecule has 3 aliphatic rings. The number of rotatable bonds is 4. The fourth-order valence-electron chi connectivity index (χ4n) is 3.86. The Balaban J connectivity index is 1.58. The number of hydrogen-bond donors (Lipinski definition) is 1. The predicted molar refractivity (Wildman–Crippen MR) is 75.9 cm³/mol. The molecule has 3 nitrogen and oxygen atoms in total. The Labute approximate surface area is 112 Å². The average Bonchev–Trinajstić information content (AvgIpc) is 3.16. The van der Waals surface area contributed by atoms with Crippen LogP contribution in [0.25, 0.3) is 0 Å². The van der Waals surface area contributed by atoms with Crippen LogP contribution < -0.4 is 5.32 Å². The Bertz CT molecular complexity index is 283. The summed E-state index contributed by atoms with van der Waals surface area (Å²) in [6, 6.07) is 1.80. The first-order valence-electron chi connectivity index (χ1n) is 7.99. The molecule has 2 aliphatic heterocycles. The molecule has 1 unspecified atom stereocenters. The minimum Gasteiger partial charge on any atom is -0.309 e. The lowest BCUT2D eigenvalue weighted by molar-refractivity contribution is 0.0872. The number of likely N-dealkylation sites (tertiary alicyclic amines) is 1. The Hall–Kier alpha value is -0.120. The highest BCUT2D eigenvalue weighted by Crippen LogP contribution is 2.32. The van der Waals surface area contributed by atoms with E-state index >= 15 is 0 Å². The van der Waals surface area contributed by atoms with Gasteiger partial charge in [-0.1, -0.05) is 13.8 Å². The highest BCUT2D eigenvalue weighted by atomic mass is 15.3. The second kappa shape index (κ2) is 5.10. The normalized spacial score (nSPS) is 34.0. The molecule has 0 aromatic carbocycles. The lowest BCUT2D eigenvalue weighted by Gasteiger charge is -2.45. The number of piperazine rings is 1. The van der Waals surface area contributed by atoms with Gasteiger partial charge in [-0.25, -0.2) is 0 Å². The minimum absolute atomic E-state index is 0.394. The van der Waals surface area contributed by atoms with E-state index in [9.17, 15) is 0 Å². The molecule has 18 heavy (non-hydrogen) atoms. The van der Waals surface area contributed by atoms with Crippen LogP contribution in [0, 0.1) is 0 Å². The van der Waals surface area contributed by atoms with E-state index in [0.717, 1.165) is 12.1 Å². The molecule has 104 valence electrons. The standard InChI is InChI=1S/C15H29N3/c1-3-15(4-2)12-18(10-8-16-15)14-7-9-17(11-14)13-5-6-13/h13-14,16H,3-12H2,1-2H3. The highest BCUT2D eigenvalue weighted by molar-refractivity contribution is 4.98. The summed E-state index contributed by atoms with van der Waals surface area (Å²) in [6.45, 7) is 11.1. The Morgan fingerprint density at radius 2 is 1.78 bits per heavy atom. The zero-order chi connectivity index (χ0) is 12.6. The van der Waals surface area contributed by atoms with Gasteiger partial charge >= 0.3 is 0 Å². The van der Waals surface area contributed by atoms with Crippen LogP contribution in [0.4, 0.5) is 0 Å². The zero-order valence-electron chi connectivity index (χ0n) is 12.1. The molecule has 3 heteroatoms. The van der Waals surface area contributed by atoms with Crippen LogP contribution in [0.5, 0.6) is 0 Å². The van der Waals surface area contributed by atoms with Crippen molar-refractivity contribution in [1.29, 1.82) is 0 Å². The SMILES string of the molecule is CCC1(CC)CN(C2CCN(C3CC3)C2)CCN1. The van der Waals surface area contributed by atoms with Gasteiger partial charge in [0.25, 0.3) is 0 Å². The largest absolute Gasteiger partial charge is 0.309 e. The fraction of sp³-hybridized carbons (Fsp3) is 1.00. The van der Waals surface area contributed by atoms with Gasteiger partial charge in [-0.2, -0.15) is 0 Å². The van der Waals surface area contributed by atoms with Crippen molar-refractivity contribution in [1.82, 2.24) is 15.1 Å². The van der Waals surface area contributed by atoms with E-state index in [1.165, 1.54) is 64.8 Å². The van der Waals surface area contributed by atoms with E-state index in [0.29, 0.717) is 5.54 Å². The average molecular weight is 251 g/mol. The van der Waals surface area contributed by atoms with Crippen molar-refractivity contribution in [2.45, 2.75) is 63.6 Å². The molecule has 1 N–H and O–H groups in total. The topological polar surface area (TPSA) is 18.5 Å². The van der Waals surface area contributed by atoms with E-state index in [1.54, 1.807) is 0 Å². The number of nitrogens with one attached hydrogen (secondary N) is 1. The van der Waals surface area contributed by atoms with Crippen LogP contribution >= 0.6 is 0 Å². The molecule has 0 aromatic rings. The maximum absolute atomic E-state index is 3.78. The summed E-state index contributed by atoms with van der Waals surface area (Å²) in [5, 5.41) is 3.78. The Morgan fingerprint density at radius 1 is 1.00 bits per heavy atom. The molecule has 0 bridgehead atoms. The monoisotopic (exact) mass is 251 g/mol. The first-order chi connectivity index (χ1) is 8.76. The molecule has 0 spiro atoms. The van der Waals surface area contributed by atoms with Crippen molar-refractivity contribution in [2.24, 2.45) is 0 Å². The predicted octanol–water partition coefficient (Wildman–Crippen LogP) is 1.69. The highest BCUT2D eigenvalue weighted by Gasteiger charge is 2.40. The quantitative estimate of drug-likeness (QED) is 0.820. The van der Waals surface area contributed by atoms with Gasteiger partial charge in [0.15, 0.2) is 0 Å². The van der Waals surface area contributed by atoms with E-state index < -0.39 is 0 Å². The molecule has 2 saturated heterocycles. The van der Waals surface area contributed by atoms with Crippen molar-refractivity contribution >= 4 is 0 Å². The van der Waals surface area contributed by atoms with Crippen molar-refractivity contribution in [3.8, 4) is 0 Å². The third-order valence-corrected chi connectivity index (χ3v) is 5.53.